The molecule has 0 aromatic carbocycles. The Labute approximate surface area is 272 Å². The van der Waals surface area contributed by atoms with Crippen LogP contribution < -0.4 is 10.6 Å². The van der Waals surface area contributed by atoms with Gasteiger partial charge in [0.05, 0.1) is 31.5 Å². The zero-order valence-electron chi connectivity index (χ0n) is 26.1. The molecule has 0 saturated carbocycles. The second-order valence-electron chi connectivity index (χ2n) is 12.0. The number of amides is 2. The van der Waals surface area contributed by atoms with Gasteiger partial charge in [0.15, 0.2) is 12.6 Å². The number of carboxylic acid groups (broad SMARTS) is 1. The lowest BCUT2D eigenvalue weighted by Gasteiger charge is -2.48. The number of rotatable bonds is 13. The molecular weight excluding hydrogens is 656 g/mol. The van der Waals surface area contributed by atoms with Crippen LogP contribution in [0.4, 0.5) is 0 Å². The van der Waals surface area contributed by atoms with Crippen LogP contribution in [0.5, 0.6) is 0 Å². The number of hydrogen-bond acceptors (Lipinski definition) is 18. The highest BCUT2D eigenvalue weighted by Gasteiger charge is 2.57. The summed E-state index contributed by atoms with van der Waals surface area (Å²) in [6.45, 7) is 1.42. The van der Waals surface area contributed by atoms with E-state index in [0.717, 1.165) is 20.8 Å². The standard InChI is InChI=1S/C27H44N2O19/c1-8(31)4-11(34)17(36)23-15(28-9(2)32)12(35)5-27(48-23,26(42)43)44-7-14-18(37)20(39)21(40)25(46-14)47-22-13(6-30)45-24(41)16(19(22)38)29-10(3)33/h11-25,30,34-41H,4-7H2,1-3H3,(H,28,32)(H,29,33)(H,42,43)/t11-,12+,13-,14-,15-,16-,17-,18+,19-,20+,21-,22-,23-,24-,25+,27-/m1/s1. The molecule has 0 aromatic rings. The first-order chi connectivity index (χ1) is 22.3. The molecule has 3 aliphatic rings. The molecule has 276 valence electrons. The van der Waals surface area contributed by atoms with Gasteiger partial charge in [0.25, 0.3) is 5.79 Å². The molecule has 3 aliphatic heterocycles. The molecule has 3 rings (SSSR count). The number of ketones is 1. The van der Waals surface area contributed by atoms with Crippen LogP contribution in [0.25, 0.3) is 0 Å². The van der Waals surface area contributed by atoms with Gasteiger partial charge in [-0.3, -0.25) is 14.4 Å². The van der Waals surface area contributed by atoms with Crippen molar-refractivity contribution >= 4 is 23.6 Å². The minimum absolute atomic E-state index is 0.560. The Morgan fingerprint density at radius 2 is 1.46 bits per heavy atom. The van der Waals surface area contributed by atoms with Crippen molar-refractivity contribution in [2.75, 3.05) is 13.2 Å². The van der Waals surface area contributed by atoms with Crippen molar-refractivity contribution in [1.29, 1.82) is 0 Å². The zero-order chi connectivity index (χ0) is 36.2. The lowest BCUT2D eigenvalue weighted by atomic mass is 9.87. The molecule has 16 atom stereocenters. The Kier molecular flexibility index (Phi) is 13.7. The molecule has 0 aliphatic carbocycles. The predicted octanol–water partition coefficient (Wildman–Crippen LogP) is -7.09. The van der Waals surface area contributed by atoms with Crippen molar-refractivity contribution < 1.29 is 93.9 Å². The van der Waals surface area contributed by atoms with Crippen molar-refractivity contribution in [3.63, 3.8) is 0 Å². The monoisotopic (exact) mass is 700 g/mol. The largest absolute Gasteiger partial charge is 0.477 e. The van der Waals surface area contributed by atoms with Gasteiger partial charge in [-0.25, -0.2) is 4.79 Å². The first kappa shape index (κ1) is 40.0. The number of carbonyl (C=O) groups is 4. The highest BCUT2D eigenvalue weighted by Crippen LogP contribution is 2.35. The van der Waals surface area contributed by atoms with Crippen LogP contribution >= 0.6 is 0 Å². The summed E-state index contributed by atoms with van der Waals surface area (Å²) in [5, 5.41) is 109. The molecule has 0 bridgehead atoms. The van der Waals surface area contributed by atoms with Gasteiger partial charge in [-0.05, 0) is 6.92 Å². The molecule has 3 fully saturated rings. The summed E-state index contributed by atoms with van der Waals surface area (Å²) in [5.74, 6) is -6.70. The van der Waals surface area contributed by atoms with Gasteiger partial charge in [-0.2, -0.15) is 0 Å². The van der Waals surface area contributed by atoms with Crippen LogP contribution in [-0.2, 0) is 42.9 Å². The summed E-state index contributed by atoms with van der Waals surface area (Å²) in [7, 11) is 0. The van der Waals surface area contributed by atoms with Gasteiger partial charge < -0.3 is 85.4 Å². The highest BCUT2D eigenvalue weighted by atomic mass is 16.8. The average Bonchev–Trinajstić information content (AvgIpc) is 2.99. The van der Waals surface area contributed by atoms with Crippen molar-refractivity contribution in [2.45, 2.75) is 131 Å². The fourth-order valence-electron chi connectivity index (χ4n) is 5.76. The number of ether oxygens (including phenoxy) is 5. The third kappa shape index (κ3) is 9.00. The van der Waals surface area contributed by atoms with Crippen LogP contribution in [0, 0.1) is 0 Å². The number of hydrogen-bond donors (Lipinski definition) is 12. The Morgan fingerprint density at radius 3 is 2.00 bits per heavy atom. The SMILES string of the molecule is CC(=O)C[C@@H](O)[C@@H](O)[C@@H]1O[C@@](OC[C@H]2O[C@@H](O[C@H]3[C@H](O)[C@@H](NC(C)=O)[C@H](O)O[C@@H]3CO)[C@H](O)[C@@H](O)[C@H]2O)(C(=O)O)C[C@H](O)[C@H]1NC(C)=O. The van der Waals surface area contributed by atoms with Crippen LogP contribution in [-0.4, -0.2) is 185 Å². The van der Waals surface area contributed by atoms with Crippen LogP contribution in [0.2, 0.25) is 0 Å². The maximum absolute atomic E-state index is 12.5. The molecule has 48 heavy (non-hydrogen) atoms. The van der Waals surface area contributed by atoms with Gasteiger partial charge in [-0.15, -0.1) is 0 Å². The quantitative estimate of drug-likeness (QED) is 0.0849. The average molecular weight is 701 g/mol. The van der Waals surface area contributed by atoms with E-state index in [1.54, 1.807) is 0 Å². The fourth-order valence-corrected chi connectivity index (χ4v) is 5.76. The van der Waals surface area contributed by atoms with Gasteiger partial charge >= 0.3 is 5.97 Å². The summed E-state index contributed by atoms with van der Waals surface area (Å²) < 4.78 is 27.4. The minimum atomic E-state index is -2.85. The van der Waals surface area contributed by atoms with Crippen molar-refractivity contribution in [3.05, 3.63) is 0 Å². The van der Waals surface area contributed by atoms with Gasteiger partial charge in [0, 0.05) is 26.7 Å². The summed E-state index contributed by atoms with van der Waals surface area (Å²) in [4.78, 5) is 47.5. The van der Waals surface area contributed by atoms with E-state index in [4.69, 9.17) is 23.7 Å². The molecule has 0 radical (unpaired) electrons. The summed E-state index contributed by atoms with van der Waals surface area (Å²) >= 11 is 0. The number of carbonyl (C=O) groups excluding carboxylic acids is 3. The van der Waals surface area contributed by atoms with E-state index in [0.29, 0.717) is 0 Å². The van der Waals surface area contributed by atoms with Gasteiger partial charge in [-0.1, -0.05) is 0 Å². The molecule has 0 aromatic heterocycles. The highest BCUT2D eigenvalue weighted by molar-refractivity contribution is 5.77. The molecule has 3 saturated heterocycles. The number of aliphatic hydroxyl groups is 9. The third-order valence-electron chi connectivity index (χ3n) is 8.18. The molecule has 0 spiro atoms. The van der Waals surface area contributed by atoms with E-state index in [9.17, 15) is 70.2 Å². The normalized spacial score (nSPS) is 41.5. The number of nitrogens with one attached hydrogen (secondary N) is 2. The van der Waals surface area contributed by atoms with Gasteiger partial charge in [0.1, 0.15) is 66.8 Å². The predicted molar refractivity (Wildman–Crippen MR) is 150 cm³/mol. The number of carboxylic acids is 1. The maximum Gasteiger partial charge on any atom is 0.364 e. The molecule has 3 heterocycles. The molecule has 12 N–H and O–H groups in total. The number of aliphatic carboxylic acids is 1. The molecular formula is C27H44N2O19. The number of aliphatic hydroxyl groups excluding tert-OH is 9. The second kappa shape index (κ2) is 16.5. The van der Waals surface area contributed by atoms with E-state index < -0.39 is 147 Å². The lowest BCUT2D eigenvalue weighted by molar-refractivity contribution is -0.358. The van der Waals surface area contributed by atoms with Crippen molar-refractivity contribution in [1.82, 2.24) is 10.6 Å². The number of Topliss-reactive ketones (excluding diaryl/α,β-unsaturated/α-hetero) is 1. The molecule has 21 nitrogen and oxygen atoms in total. The first-order valence-corrected chi connectivity index (χ1v) is 14.9. The Balaban J connectivity index is 1.84. The van der Waals surface area contributed by atoms with E-state index in [2.05, 4.69) is 10.6 Å². The lowest BCUT2D eigenvalue weighted by Crippen LogP contribution is -2.68. The Morgan fingerprint density at radius 1 is 0.854 bits per heavy atom. The molecule has 21 heteroatoms. The van der Waals surface area contributed by atoms with Crippen LogP contribution in [0.15, 0.2) is 0 Å². The van der Waals surface area contributed by atoms with Crippen molar-refractivity contribution in [2.24, 2.45) is 0 Å². The molecule has 0 unspecified atom stereocenters. The van der Waals surface area contributed by atoms with E-state index in [1.165, 1.54) is 0 Å². The van der Waals surface area contributed by atoms with E-state index >= 15 is 0 Å². The zero-order valence-corrected chi connectivity index (χ0v) is 26.1. The Bertz CT molecular complexity index is 1150. The fraction of sp³-hybridized carbons (Fsp3) is 0.852. The maximum atomic E-state index is 12.5. The summed E-state index contributed by atoms with van der Waals surface area (Å²) in [5.41, 5.74) is 0. The first-order valence-electron chi connectivity index (χ1n) is 14.9. The van der Waals surface area contributed by atoms with Crippen molar-refractivity contribution in [3.8, 4) is 0 Å². The van der Waals surface area contributed by atoms with Crippen LogP contribution in [0.3, 0.4) is 0 Å². The summed E-state index contributed by atoms with van der Waals surface area (Å²) in [6, 6.07) is -2.97. The second-order valence-corrected chi connectivity index (χ2v) is 12.0. The summed E-state index contributed by atoms with van der Waals surface area (Å²) in [6.07, 6.45) is -25.5. The third-order valence-corrected chi connectivity index (χ3v) is 8.18. The molecule has 2 amide bonds. The Hall–Kier alpha value is -2.48. The smallest absolute Gasteiger partial charge is 0.364 e. The van der Waals surface area contributed by atoms with E-state index in [-0.39, 0.29) is 0 Å². The topological polar surface area (TPSA) is 341 Å². The minimum Gasteiger partial charge on any atom is -0.477 e. The van der Waals surface area contributed by atoms with Crippen LogP contribution in [0.1, 0.15) is 33.6 Å². The van der Waals surface area contributed by atoms with Gasteiger partial charge in [0.2, 0.25) is 11.8 Å². The van der Waals surface area contributed by atoms with E-state index in [1.807, 2.05) is 0 Å².